The molecule has 1 aliphatic rings. The molecule has 1 heterocycles. The third-order valence-corrected chi connectivity index (χ3v) is 4.87. The van der Waals surface area contributed by atoms with Crippen LogP contribution in [0.2, 0.25) is 0 Å². The Morgan fingerprint density at radius 2 is 2.00 bits per heavy atom. The van der Waals surface area contributed by atoms with Gasteiger partial charge in [-0.1, -0.05) is 0 Å². The molecule has 21 heavy (non-hydrogen) atoms. The summed E-state index contributed by atoms with van der Waals surface area (Å²) in [6.07, 6.45) is 0.607. The Hall–Kier alpha value is -1.35. The van der Waals surface area contributed by atoms with Crippen molar-refractivity contribution >= 4 is 15.5 Å². The molecule has 1 atom stereocenters. The lowest BCUT2D eigenvalue weighted by Gasteiger charge is -2.27. The van der Waals surface area contributed by atoms with E-state index in [1.54, 1.807) is 6.92 Å². The van der Waals surface area contributed by atoms with E-state index in [0.717, 1.165) is 12.1 Å². The highest BCUT2D eigenvalue weighted by Crippen LogP contribution is 2.36. The first-order valence-electron chi connectivity index (χ1n) is 6.15. The summed E-state index contributed by atoms with van der Waals surface area (Å²) in [6, 6.07) is 2.32. The SMILES string of the molecule is CC1(Nc2ccc(F)cc2S(=O)(=O)C(F)(F)F)CCNC1. The molecule has 1 aromatic rings. The topological polar surface area (TPSA) is 58.2 Å². The number of benzene rings is 1. The molecule has 0 aliphatic carbocycles. The highest BCUT2D eigenvalue weighted by atomic mass is 32.2. The van der Waals surface area contributed by atoms with Crippen molar-refractivity contribution in [3.05, 3.63) is 24.0 Å². The van der Waals surface area contributed by atoms with E-state index in [2.05, 4.69) is 10.6 Å². The number of rotatable bonds is 3. The zero-order chi connectivity index (χ0) is 15.9. The molecule has 4 nitrogen and oxygen atoms in total. The van der Waals surface area contributed by atoms with Crippen LogP contribution in [-0.4, -0.2) is 32.6 Å². The van der Waals surface area contributed by atoms with E-state index in [4.69, 9.17) is 0 Å². The van der Waals surface area contributed by atoms with E-state index in [-0.39, 0.29) is 5.69 Å². The van der Waals surface area contributed by atoms with Crippen molar-refractivity contribution in [1.29, 1.82) is 0 Å². The Balaban J connectivity index is 2.48. The van der Waals surface area contributed by atoms with E-state index >= 15 is 0 Å². The van der Waals surface area contributed by atoms with Crippen molar-refractivity contribution in [1.82, 2.24) is 5.32 Å². The number of anilines is 1. The first-order chi connectivity index (χ1) is 9.55. The molecule has 0 aromatic heterocycles. The maximum Gasteiger partial charge on any atom is 0.501 e. The van der Waals surface area contributed by atoms with E-state index in [1.807, 2.05) is 0 Å². The molecule has 118 valence electrons. The number of sulfone groups is 1. The number of hydrogen-bond acceptors (Lipinski definition) is 4. The van der Waals surface area contributed by atoms with Crippen LogP contribution in [0.5, 0.6) is 0 Å². The van der Waals surface area contributed by atoms with Crippen LogP contribution in [0.4, 0.5) is 23.2 Å². The maximum atomic E-state index is 13.2. The highest BCUT2D eigenvalue weighted by Gasteiger charge is 2.48. The average molecular weight is 326 g/mol. The fourth-order valence-electron chi connectivity index (χ4n) is 2.20. The summed E-state index contributed by atoms with van der Waals surface area (Å²) in [5.41, 5.74) is -6.32. The second-order valence-corrected chi connectivity index (χ2v) is 7.11. The number of hydrogen-bond donors (Lipinski definition) is 2. The predicted octanol–water partition coefficient (Wildman–Crippen LogP) is 2.28. The number of halogens is 4. The molecule has 2 N–H and O–H groups in total. The minimum atomic E-state index is -5.62. The highest BCUT2D eigenvalue weighted by molar-refractivity contribution is 7.92. The Morgan fingerprint density at radius 3 is 2.52 bits per heavy atom. The number of nitrogens with one attached hydrogen (secondary N) is 2. The van der Waals surface area contributed by atoms with E-state index in [1.165, 1.54) is 0 Å². The summed E-state index contributed by atoms with van der Waals surface area (Å²) in [5.74, 6) is -1.04. The Kier molecular flexibility index (Phi) is 3.92. The normalized spacial score (nSPS) is 23.3. The summed E-state index contributed by atoms with van der Waals surface area (Å²) in [5, 5.41) is 5.81. The summed E-state index contributed by atoms with van der Waals surface area (Å²) >= 11 is 0. The van der Waals surface area contributed by atoms with Crippen LogP contribution in [0.1, 0.15) is 13.3 Å². The fourth-order valence-corrected chi connectivity index (χ4v) is 3.12. The van der Waals surface area contributed by atoms with Crippen molar-refractivity contribution in [2.75, 3.05) is 18.4 Å². The van der Waals surface area contributed by atoms with Crippen molar-refractivity contribution in [2.45, 2.75) is 29.3 Å². The largest absolute Gasteiger partial charge is 0.501 e. The third kappa shape index (κ3) is 3.13. The molecule has 1 saturated heterocycles. The van der Waals surface area contributed by atoms with Gasteiger partial charge in [-0.05, 0) is 38.1 Å². The Labute approximate surface area is 119 Å². The standard InChI is InChI=1S/C12H14F4N2O2S/c1-11(4-5-17-7-11)18-9-3-2-8(13)6-10(9)21(19,20)12(14,15)16/h2-3,6,17-18H,4-5,7H2,1H3. The molecule has 1 aromatic carbocycles. The summed E-state index contributed by atoms with van der Waals surface area (Å²) in [4.78, 5) is -1.09. The number of alkyl halides is 3. The smallest absolute Gasteiger partial charge is 0.377 e. The average Bonchev–Trinajstić information content (AvgIpc) is 2.77. The minimum absolute atomic E-state index is 0.250. The predicted molar refractivity (Wildman–Crippen MR) is 69.2 cm³/mol. The van der Waals surface area contributed by atoms with Crippen LogP contribution in [0.15, 0.2) is 23.1 Å². The van der Waals surface area contributed by atoms with Gasteiger partial charge in [0.1, 0.15) is 10.7 Å². The molecule has 2 rings (SSSR count). The first-order valence-corrected chi connectivity index (χ1v) is 7.63. The Bertz CT molecular complexity index is 637. The third-order valence-electron chi connectivity index (χ3n) is 3.34. The zero-order valence-electron chi connectivity index (χ0n) is 11.1. The molecular weight excluding hydrogens is 312 g/mol. The zero-order valence-corrected chi connectivity index (χ0v) is 11.9. The summed E-state index contributed by atoms with van der Waals surface area (Å²) < 4.78 is 74.4. The van der Waals surface area contributed by atoms with Crippen LogP contribution in [-0.2, 0) is 9.84 Å². The van der Waals surface area contributed by atoms with E-state index in [9.17, 15) is 26.0 Å². The van der Waals surface area contributed by atoms with Crippen molar-refractivity contribution < 1.29 is 26.0 Å². The molecule has 1 unspecified atom stereocenters. The van der Waals surface area contributed by atoms with Crippen molar-refractivity contribution in [3.8, 4) is 0 Å². The molecule has 1 fully saturated rings. The van der Waals surface area contributed by atoms with Gasteiger partial charge in [-0.15, -0.1) is 0 Å². The van der Waals surface area contributed by atoms with Gasteiger partial charge in [0.2, 0.25) is 0 Å². The molecule has 0 bridgehead atoms. The summed E-state index contributed by atoms with van der Waals surface area (Å²) in [6.45, 7) is 2.88. The second kappa shape index (κ2) is 5.13. The van der Waals surface area contributed by atoms with Gasteiger partial charge < -0.3 is 10.6 Å². The quantitative estimate of drug-likeness (QED) is 0.837. The lowest BCUT2D eigenvalue weighted by atomic mass is 10.0. The lowest BCUT2D eigenvalue weighted by Crippen LogP contribution is -2.37. The molecule has 0 radical (unpaired) electrons. The second-order valence-electron chi connectivity index (χ2n) is 5.20. The van der Waals surface area contributed by atoms with Gasteiger partial charge in [0.05, 0.1) is 5.69 Å². The molecule has 0 spiro atoms. The molecule has 1 aliphatic heterocycles. The fraction of sp³-hybridized carbons (Fsp3) is 0.500. The molecule has 0 saturated carbocycles. The van der Waals surface area contributed by atoms with Crippen LogP contribution in [0.3, 0.4) is 0 Å². The molecule has 0 amide bonds. The van der Waals surface area contributed by atoms with Gasteiger partial charge in [-0.3, -0.25) is 0 Å². The van der Waals surface area contributed by atoms with Crippen molar-refractivity contribution in [3.63, 3.8) is 0 Å². The van der Waals surface area contributed by atoms with Crippen LogP contribution < -0.4 is 10.6 Å². The van der Waals surface area contributed by atoms with Gasteiger partial charge >= 0.3 is 5.51 Å². The van der Waals surface area contributed by atoms with Gasteiger partial charge in [-0.25, -0.2) is 12.8 Å². The summed E-state index contributed by atoms with van der Waals surface area (Å²) in [7, 11) is -5.62. The lowest BCUT2D eigenvalue weighted by molar-refractivity contribution is -0.0435. The molecular formula is C12H14F4N2O2S. The monoisotopic (exact) mass is 326 g/mol. The first kappa shape index (κ1) is 16.0. The van der Waals surface area contributed by atoms with Gasteiger partial charge in [0.25, 0.3) is 9.84 Å². The van der Waals surface area contributed by atoms with Crippen LogP contribution in [0.25, 0.3) is 0 Å². The van der Waals surface area contributed by atoms with Crippen molar-refractivity contribution in [2.24, 2.45) is 0 Å². The van der Waals surface area contributed by atoms with Gasteiger partial charge in [-0.2, -0.15) is 13.2 Å². The van der Waals surface area contributed by atoms with Gasteiger partial charge in [0, 0.05) is 12.1 Å². The molecule has 9 heteroatoms. The van der Waals surface area contributed by atoms with Crippen LogP contribution >= 0.6 is 0 Å². The van der Waals surface area contributed by atoms with E-state index < -0.39 is 31.6 Å². The van der Waals surface area contributed by atoms with Gasteiger partial charge in [0.15, 0.2) is 0 Å². The Morgan fingerprint density at radius 1 is 1.33 bits per heavy atom. The minimum Gasteiger partial charge on any atom is -0.377 e. The maximum absolute atomic E-state index is 13.2. The van der Waals surface area contributed by atoms with Crippen LogP contribution in [0, 0.1) is 5.82 Å². The van der Waals surface area contributed by atoms with E-state index in [0.29, 0.717) is 25.6 Å².